The first kappa shape index (κ1) is 16.2. The van der Waals surface area contributed by atoms with Crippen LogP contribution in [0.5, 0.6) is 0 Å². The Balaban J connectivity index is 1.88. The molecule has 1 N–H and O–H groups in total. The molecule has 0 aliphatic heterocycles. The molecule has 0 bridgehead atoms. The molecule has 0 saturated heterocycles. The number of benzene rings is 1. The van der Waals surface area contributed by atoms with Gasteiger partial charge >= 0.3 is 0 Å². The quantitative estimate of drug-likeness (QED) is 0.892. The van der Waals surface area contributed by atoms with Crippen LogP contribution in [0.1, 0.15) is 24.3 Å². The number of furan rings is 1. The topological polar surface area (TPSA) is 45.5 Å². The summed E-state index contributed by atoms with van der Waals surface area (Å²) in [5, 5.41) is 2.73. The van der Waals surface area contributed by atoms with E-state index in [2.05, 4.69) is 5.32 Å². The summed E-state index contributed by atoms with van der Waals surface area (Å²) in [7, 11) is 1.75. The average molecular weight is 308 g/mol. The molecule has 0 aliphatic rings. The lowest BCUT2D eigenvalue weighted by molar-refractivity contribution is -0.122. The van der Waals surface area contributed by atoms with Gasteiger partial charge in [-0.1, -0.05) is 6.07 Å². The van der Waals surface area contributed by atoms with E-state index in [-0.39, 0.29) is 18.5 Å². The first-order valence-electron chi connectivity index (χ1n) is 6.91. The van der Waals surface area contributed by atoms with E-state index >= 15 is 0 Å². The normalized spacial score (nSPS) is 12.4. The van der Waals surface area contributed by atoms with Crippen molar-refractivity contribution in [1.82, 2.24) is 10.2 Å². The average Bonchev–Trinajstić information content (AvgIpc) is 3.00. The maximum atomic E-state index is 13.3. The number of carbonyl (C=O) groups excluding carboxylic acids is 1. The van der Waals surface area contributed by atoms with Crippen molar-refractivity contribution in [2.24, 2.45) is 0 Å². The third-order valence-corrected chi connectivity index (χ3v) is 3.52. The second-order valence-electron chi connectivity index (χ2n) is 5.12. The lowest BCUT2D eigenvalue weighted by atomic mass is 10.1. The SMILES string of the molecule is CC(c1ccc(F)c(F)c1)N(C)CC(=O)NCc1ccco1. The van der Waals surface area contributed by atoms with Crippen LogP contribution >= 0.6 is 0 Å². The smallest absolute Gasteiger partial charge is 0.234 e. The summed E-state index contributed by atoms with van der Waals surface area (Å²) < 4.78 is 31.3. The van der Waals surface area contributed by atoms with Gasteiger partial charge in [0.1, 0.15) is 5.76 Å². The van der Waals surface area contributed by atoms with Gasteiger partial charge in [0.15, 0.2) is 11.6 Å². The zero-order valence-corrected chi connectivity index (χ0v) is 12.5. The lowest BCUT2D eigenvalue weighted by Crippen LogP contribution is -2.36. The van der Waals surface area contributed by atoms with Gasteiger partial charge in [-0.2, -0.15) is 0 Å². The highest BCUT2D eigenvalue weighted by Gasteiger charge is 2.16. The van der Waals surface area contributed by atoms with E-state index in [9.17, 15) is 13.6 Å². The maximum absolute atomic E-state index is 13.3. The summed E-state index contributed by atoms with van der Waals surface area (Å²) >= 11 is 0. The Kier molecular flexibility index (Phi) is 5.27. The van der Waals surface area contributed by atoms with Crippen LogP contribution in [-0.4, -0.2) is 24.4 Å². The number of halogens is 2. The molecule has 1 amide bonds. The minimum Gasteiger partial charge on any atom is -0.467 e. The van der Waals surface area contributed by atoms with Gasteiger partial charge in [0.25, 0.3) is 0 Å². The summed E-state index contributed by atoms with van der Waals surface area (Å²) in [5.74, 6) is -1.27. The van der Waals surface area contributed by atoms with E-state index in [4.69, 9.17) is 4.42 Å². The number of hydrogen-bond acceptors (Lipinski definition) is 3. The van der Waals surface area contributed by atoms with Crippen molar-refractivity contribution in [1.29, 1.82) is 0 Å². The summed E-state index contributed by atoms with van der Waals surface area (Å²) in [6.45, 7) is 2.28. The number of amides is 1. The van der Waals surface area contributed by atoms with Crippen molar-refractivity contribution < 1.29 is 18.0 Å². The van der Waals surface area contributed by atoms with Crippen molar-refractivity contribution in [3.63, 3.8) is 0 Å². The highest BCUT2D eigenvalue weighted by molar-refractivity contribution is 5.77. The molecule has 1 heterocycles. The zero-order valence-electron chi connectivity index (χ0n) is 12.5. The second kappa shape index (κ2) is 7.17. The Morgan fingerprint density at radius 2 is 2.09 bits per heavy atom. The molecule has 0 saturated carbocycles. The van der Waals surface area contributed by atoms with Crippen LogP contribution in [-0.2, 0) is 11.3 Å². The highest BCUT2D eigenvalue weighted by Crippen LogP contribution is 2.20. The minimum absolute atomic E-state index is 0.140. The molecule has 0 aliphatic carbocycles. The van der Waals surface area contributed by atoms with Gasteiger partial charge in [-0.3, -0.25) is 9.69 Å². The first-order valence-corrected chi connectivity index (χ1v) is 6.91. The minimum atomic E-state index is -0.889. The van der Waals surface area contributed by atoms with Gasteiger partial charge in [0.05, 0.1) is 19.4 Å². The zero-order chi connectivity index (χ0) is 16.1. The monoisotopic (exact) mass is 308 g/mol. The van der Waals surface area contributed by atoms with Gasteiger partial charge in [-0.05, 0) is 43.8 Å². The summed E-state index contributed by atoms with van der Waals surface area (Å²) in [4.78, 5) is 13.6. The Morgan fingerprint density at radius 1 is 1.32 bits per heavy atom. The molecule has 4 nitrogen and oxygen atoms in total. The molecule has 22 heavy (non-hydrogen) atoms. The van der Waals surface area contributed by atoms with Crippen LogP contribution in [0, 0.1) is 11.6 Å². The van der Waals surface area contributed by atoms with E-state index in [1.165, 1.54) is 6.07 Å². The third-order valence-electron chi connectivity index (χ3n) is 3.52. The van der Waals surface area contributed by atoms with E-state index in [0.717, 1.165) is 12.1 Å². The molecule has 1 aromatic heterocycles. The standard InChI is InChI=1S/C16H18F2N2O2/c1-11(12-5-6-14(17)15(18)8-12)20(2)10-16(21)19-9-13-4-3-7-22-13/h3-8,11H,9-10H2,1-2H3,(H,19,21). The van der Waals surface area contributed by atoms with Crippen LogP contribution in [0.2, 0.25) is 0 Å². The summed E-state index contributed by atoms with van der Waals surface area (Å²) in [5.41, 5.74) is 0.611. The van der Waals surface area contributed by atoms with Crippen LogP contribution < -0.4 is 5.32 Å². The van der Waals surface area contributed by atoms with E-state index < -0.39 is 11.6 Å². The summed E-state index contributed by atoms with van der Waals surface area (Å²) in [6.07, 6.45) is 1.54. The highest BCUT2D eigenvalue weighted by atomic mass is 19.2. The number of likely N-dealkylation sites (N-methyl/N-ethyl adjacent to an activating group) is 1. The van der Waals surface area contributed by atoms with E-state index in [1.54, 1.807) is 30.3 Å². The van der Waals surface area contributed by atoms with Gasteiger partial charge < -0.3 is 9.73 Å². The maximum Gasteiger partial charge on any atom is 0.234 e. The van der Waals surface area contributed by atoms with E-state index in [1.807, 2.05) is 6.92 Å². The molecule has 1 aromatic carbocycles. The van der Waals surface area contributed by atoms with E-state index in [0.29, 0.717) is 17.9 Å². The second-order valence-corrected chi connectivity index (χ2v) is 5.12. The molecule has 2 rings (SSSR count). The molecule has 6 heteroatoms. The lowest BCUT2D eigenvalue weighted by Gasteiger charge is -2.24. The number of carbonyl (C=O) groups is 1. The van der Waals surface area contributed by atoms with Crippen molar-refractivity contribution in [3.05, 3.63) is 59.6 Å². The predicted molar refractivity (Wildman–Crippen MR) is 78.0 cm³/mol. The number of nitrogens with zero attached hydrogens (tertiary/aromatic N) is 1. The summed E-state index contributed by atoms with van der Waals surface area (Å²) in [6, 6.07) is 7.06. The molecular formula is C16H18F2N2O2. The molecule has 0 fully saturated rings. The fraction of sp³-hybridized carbons (Fsp3) is 0.312. The molecule has 2 aromatic rings. The third kappa shape index (κ3) is 4.14. The van der Waals surface area contributed by atoms with Gasteiger partial charge in [0, 0.05) is 6.04 Å². The largest absolute Gasteiger partial charge is 0.467 e. The fourth-order valence-electron chi connectivity index (χ4n) is 2.04. The number of hydrogen-bond donors (Lipinski definition) is 1. The van der Waals surface area contributed by atoms with Crippen molar-refractivity contribution in [2.75, 3.05) is 13.6 Å². The number of nitrogens with one attached hydrogen (secondary N) is 1. The molecule has 1 unspecified atom stereocenters. The van der Waals surface area contributed by atoms with Gasteiger partial charge in [0.2, 0.25) is 5.91 Å². The molecule has 0 radical (unpaired) electrons. The molecule has 0 spiro atoms. The fourth-order valence-corrected chi connectivity index (χ4v) is 2.04. The Bertz CT molecular complexity index is 629. The van der Waals surface area contributed by atoms with Crippen molar-refractivity contribution >= 4 is 5.91 Å². The van der Waals surface area contributed by atoms with Gasteiger partial charge in [-0.25, -0.2) is 8.78 Å². The van der Waals surface area contributed by atoms with Crippen LogP contribution in [0.15, 0.2) is 41.0 Å². The molecule has 118 valence electrons. The Labute approximate surface area is 127 Å². The van der Waals surface area contributed by atoms with Crippen molar-refractivity contribution in [2.45, 2.75) is 19.5 Å². The van der Waals surface area contributed by atoms with Crippen molar-refractivity contribution in [3.8, 4) is 0 Å². The Hall–Kier alpha value is -2.21. The molecule has 1 atom stereocenters. The van der Waals surface area contributed by atoms with Gasteiger partial charge in [-0.15, -0.1) is 0 Å². The first-order chi connectivity index (χ1) is 10.5. The predicted octanol–water partition coefficient (Wildman–Crippen LogP) is 2.87. The van der Waals surface area contributed by atoms with Crippen LogP contribution in [0.4, 0.5) is 8.78 Å². The Morgan fingerprint density at radius 3 is 2.73 bits per heavy atom. The number of rotatable bonds is 6. The van der Waals surface area contributed by atoms with Crippen LogP contribution in [0.25, 0.3) is 0 Å². The molecular weight excluding hydrogens is 290 g/mol. The van der Waals surface area contributed by atoms with Crippen LogP contribution in [0.3, 0.4) is 0 Å².